The van der Waals surface area contributed by atoms with Gasteiger partial charge >= 0.3 is 0 Å². The van der Waals surface area contributed by atoms with Gasteiger partial charge in [0.1, 0.15) is 17.7 Å². The third-order valence-corrected chi connectivity index (χ3v) is 3.32. The number of nitrogens with zero attached hydrogens (tertiary/aromatic N) is 4. The molecule has 0 saturated heterocycles. The van der Waals surface area contributed by atoms with Crippen LogP contribution in [0.3, 0.4) is 0 Å². The van der Waals surface area contributed by atoms with Gasteiger partial charge in [-0.1, -0.05) is 35.5 Å². The molecule has 3 aromatic rings. The van der Waals surface area contributed by atoms with Crippen molar-refractivity contribution in [3.05, 3.63) is 42.9 Å². The molecule has 1 fully saturated rings. The first-order chi connectivity index (χ1) is 10.4. The molecule has 0 amide bonds. The van der Waals surface area contributed by atoms with Crippen LogP contribution >= 0.6 is 0 Å². The van der Waals surface area contributed by atoms with Gasteiger partial charge in [0, 0.05) is 17.8 Å². The first-order valence-corrected chi connectivity index (χ1v) is 6.86. The maximum absolute atomic E-state index is 5.37. The Bertz CT molecular complexity index is 752. The third kappa shape index (κ3) is 2.47. The molecule has 0 bridgehead atoms. The largest absolute Gasteiger partial charge is 0.367 e. The van der Waals surface area contributed by atoms with Gasteiger partial charge < -0.3 is 9.84 Å². The van der Waals surface area contributed by atoms with Crippen LogP contribution in [0.4, 0.5) is 5.82 Å². The van der Waals surface area contributed by atoms with E-state index in [2.05, 4.69) is 25.4 Å². The van der Waals surface area contributed by atoms with E-state index in [4.69, 9.17) is 4.52 Å². The van der Waals surface area contributed by atoms with Crippen LogP contribution in [0.1, 0.15) is 12.8 Å². The highest BCUT2D eigenvalue weighted by molar-refractivity contribution is 5.69. The molecule has 0 radical (unpaired) electrons. The molecule has 2 aromatic heterocycles. The molecule has 0 atom stereocenters. The van der Waals surface area contributed by atoms with E-state index < -0.39 is 0 Å². The SMILES string of the molecule is c1ccc(-c2noc(-c3cncnc3NC3CC3)n2)cc1. The Labute approximate surface area is 121 Å². The lowest BCUT2D eigenvalue weighted by atomic mass is 10.2. The minimum atomic E-state index is 0.428. The van der Waals surface area contributed by atoms with Crippen molar-refractivity contribution in [2.45, 2.75) is 18.9 Å². The summed E-state index contributed by atoms with van der Waals surface area (Å²) in [5, 5.41) is 7.38. The minimum absolute atomic E-state index is 0.428. The zero-order valence-corrected chi connectivity index (χ0v) is 11.2. The second-order valence-corrected chi connectivity index (χ2v) is 4.99. The quantitative estimate of drug-likeness (QED) is 0.791. The van der Waals surface area contributed by atoms with Crippen LogP contribution in [-0.2, 0) is 0 Å². The van der Waals surface area contributed by atoms with Crippen molar-refractivity contribution in [1.82, 2.24) is 20.1 Å². The molecule has 1 aliphatic carbocycles. The van der Waals surface area contributed by atoms with E-state index in [0.29, 0.717) is 17.8 Å². The lowest BCUT2D eigenvalue weighted by molar-refractivity contribution is 0.432. The summed E-state index contributed by atoms with van der Waals surface area (Å²) < 4.78 is 5.37. The molecule has 21 heavy (non-hydrogen) atoms. The smallest absolute Gasteiger partial charge is 0.263 e. The lowest BCUT2D eigenvalue weighted by Crippen LogP contribution is -2.05. The van der Waals surface area contributed by atoms with E-state index in [1.54, 1.807) is 6.20 Å². The summed E-state index contributed by atoms with van der Waals surface area (Å²) >= 11 is 0. The van der Waals surface area contributed by atoms with Gasteiger partial charge in [-0.2, -0.15) is 4.98 Å². The molecule has 6 heteroatoms. The van der Waals surface area contributed by atoms with Gasteiger partial charge in [-0.15, -0.1) is 0 Å². The van der Waals surface area contributed by atoms with Crippen molar-refractivity contribution in [1.29, 1.82) is 0 Å². The Morgan fingerprint density at radius 2 is 2.00 bits per heavy atom. The maximum Gasteiger partial charge on any atom is 0.263 e. The summed E-state index contributed by atoms with van der Waals surface area (Å²) in [4.78, 5) is 12.8. The second kappa shape index (κ2) is 4.97. The van der Waals surface area contributed by atoms with E-state index in [1.165, 1.54) is 19.2 Å². The van der Waals surface area contributed by atoms with Crippen molar-refractivity contribution in [2.75, 3.05) is 5.32 Å². The normalized spacial score (nSPS) is 14.1. The van der Waals surface area contributed by atoms with Crippen molar-refractivity contribution >= 4 is 5.82 Å². The van der Waals surface area contributed by atoms with Crippen LogP contribution in [0.15, 0.2) is 47.4 Å². The molecule has 1 aliphatic rings. The Hall–Kier alpha value is -2.76. The Kier molecular flexibility index (Phi) is 2.85. The predicted octanol–water partition coefficient (Wildman–Crippen LogP) is 2.77. The molecule has 0 unspecified atom stereocenters. The number of nitrogens with one attached hydrogen (secondary N) is 1. The van der Waals surface area contributed by atoms with Gasteiger partial charge in [0.05, 0.1) is 0 Å². The number of benzene rings is 1. The lowest BCUT2D eigenvalue weighted by Gasteiger charge is -2.05. The van der Waals surface area contributed by atoms with E-state index in [-0.39, 0.29) is 0 Å². The first kappa shape index (κ1) is 12.0. The molecule has 1 aromatic carbocycles. The molecular formula is C15H13N5O. The van der Waals surface area contributed by atoms with Gasteiger partial charge in [0.15, 0.2) is 0 Å². The first-order valence-electron chi connectivity index (χ1n) is 6.86. The van der Waals surface area contributed by atoms with Gasteiger partial charge in [-0.05, 0) is 12.8 Å². The summed E-state index contributed by atoms with van der Waals surface area (Å²) in [7, 11) is 0. The van der Waals surface area contributed by atoms with Crippen molar-refractivity contribution < 1.29 is 4.52 Å². The molecule has 4 rings (SSSR count). The molecular weight excluding hydrogens is 266 g/mol. The van der Waals surface area contributed by atoms with E-state index in [0.717, 1.165) is 16.9 Å². The second-order valence-electron chi connectivity index (χ2n) is 4.99. The molecule has 1 N–H and O–H groups in total. The van der Waals surface area contributed by atoms with Crippen molar-refractivity contribution in [3.63, 3.8) is 0 Å². The number of anilines is 1. The fourth-order valence-corrected chi connectivity index (χ4v) is 2.06. The molecule has 104 valence electrons. The number of hydrogen-bond acceptors (Lipinski definition) is 6. The topological polar surface area (TPSA) is 76.7 Å². The number of rotatable bonds is 4. The van der Waals surface area contributed by atoms with Crippen molar-refractivity contribution in [3.8, 4) is 22.8 Å². The number of hydrogen-bond donors (Lipinski definition) is 1. The van der Waals surface area contributed by atoms with Crippen molar-refractivity contribution in [2.24, 2.45) is 0 Å². The van der Waals surface area contributed by atoms with Crippen LogP contribution in [0.2, 0.25) is 0 Å². The van der Waals surface area contributed by atoms with Gasteiger partial charge in [-0.3, -0.25) is 0 Å². The van der Waals surface area contributed by atoms with E-state index in [1.807, 2.05) is 30.3 Å². The highest BCUT2D eigenvalue weighted by atomic mass is 16.5. The van der Waals surface area contributed by atoms with Gasteiger partial charge in [0.2, 0.25) is 5.82 Å². The van der Waals surface area contributed by atoms with Crippen LogP contribution in [0, 0.1) is 0 Å². The monoisotopic (exact) mass is 279 g/mol. The van der Waals surface area contributed by atoms with E-state index >= 15 is 0 Å². The fraction of sp³-hybridized carbons (Fsp3) is 0.200. The van der Waals surface area contributed by atoms with Crippen LogP contribution in [0.25, 0.3) is 22.8 Å². The predicted molar refractivity (Wildman–Crippen MR) is 77.4 cm³/mol. The summed E-state index contributed by atoms with van der Waals surface area (Å²) in [5.41, 5.74) is 1.65. The van der Waals surface area contributed by atoms with Gasteiger partial charge in [-0.25, -0.2) is 9.97 Å². The zero-order chi connectivity index (χ0) is 14.1. The fourth-order valence-electron chi connectivity index (χ4n) is 2.06. The molecule has 0 aliphatic heterocycles. The maximum atomic E-state index is 5.37. The summed E-state index contributed by atoms with van der Waals surface area (Å²) in [5.74, 6) is 1.74. The Morgan fingerprint density at radius 1 is 1.14 bits per heavy atom. The average molecular weight is 279 g/mol. The Balaban J connectivity index is 1.69. The summed E-state index contributed by atoms with van der Waals surface area (Å²) in [6.45, 7) is 0. The van der Waals surface area contributed by atoms with Gasteiger partial charge in [0.25, 0.3) is 5.89 Å². The summed E-state index contributed by atoms with van der Waals surface area (Å²) in [6.07, 6.45) is 5.55. The summed E-state index contributed by atoms with van der Waals surface area (Å²) in [6, 6.07) is 10.2. The minimum Gasteiger partial charge on any atom is -0.367 e. The van der Waals surface area contributed by atoms with Crippen LogP contribution in [0.5, 0.6) is 0 Å². The Morgan fingerprint density at radius 3 is 2.81 bits per heavy atom. The van der Waals surface area contributed by atoms with Crippen LogP contribution < -0.4 is 5.32 Å². The molecule has 1 saturated carbocycles. The number of aromatic nitrogens is 4. The standard InChI is InChI=1S/C15H13N5O/c1-2-4-10(5-3-1)13-19-15(21-20-13)12-8-16-9-17-14(12)18-11-6-7-11/h1-5,8-9,11H,6-7H2,(H,16,17,18). The van der Waals surface area contributed by atoms with Crippen LogP contribution in [-0.4, -0.2) is 26.2 Å². The molecule has 6 nitrogen and oxygen atoms in total. The van der Waals surface area contributed by atoms with E-state index in [9.17, 15) is 0 Å². The zero-order valence-electron chi connectivity index (χ0n) is 11.2. The highest BCUT2D eigenvalue weighted by Crippen LogP contribution is 2.30. The molecule has 2 heterocycles. The average Bonchev–Trinajstić information content (AvgIpc) is 3.22. The third-order valence-electron chi connectivity index (χ3n) is 3.32. The molecule has 0 spiro atoms. The highest BCUT2D eigenvalue weighted by Gasteiger charge is 2.24.